The first kappa shape index (κ1) is 22.3. The fourth-order valence-electron chi connectivity index (χ4n) is 3.82. The number of nitrogens with one attached hydrogen (secondary N) is 1. The highest BCUT2D eigenvalue weighted by atomic mass is 19.4. The quantitative estimate of drug-likeness (QED) is 0.627. The summed E-state index contributed by atoms with van der Waals surface area (Å²) in [5, 5.41) is 6.69. The van der Waals surface area contributed by atoms with Gasteiger partial charge in [-0.2, -0.15) is 13.2 Å². The number of carbonyl (C=O) groups is 1. The molecule has 1 N–H and O–H groups in total. The average Bonchev–Trinajstić information content (AvgIpc) is 3.19. The lowest BCUT2D eigenvalue weighted by Gasteiger charge is -2.33. The number of alkyl halides is 3. The van der Waals surface area contributed by atoms with E-state index in [0.717, 1.165) is 31.6 Å². The Labute approximate surface area is 174 Å². The number of amides is 1. The summed E-state index contributed by atoms with van der Waals surface area (Å²) >= 11 is 0. The predicted octanol–water partition coefficient (Wildman–Crippen LogP) is 4.67. The molecular formula is C22H28F3N3O2. The Kier molecular flexibility index (Phi) is 7.53. The minimum Gasteiger partial charge on any atom is -0.356 e. The van der Waals surface area contributed by atoms with Crippen LogP contribution in [0.2, 0.25) is 0 Å². The normalized spacial score (nSPS) is 17.8. The Bertz CT molecular complexity index is 818. The van der Waals surface area contributed by atoms with Crippen LogP contribution in [0.25, 0.3) is 11.3 Å². The first-order chi connectivity index (χ1) is 14.3. The van der Waals surface area contributed by atoms with Gasteiger partial charge >= 0.3 is 6.18 Å². The molecule has 1 atom stereocenters. The third kappa shape index (κ3) is 6.08. The number of benzene rings is 1. The van der Waals surface area contributed by atoms with Gasteiger partial charge in [0.15, 0.2) is 5.76 Å². The second-order valence-corrected chi connectivity index (χ2v) is 7.84. The van der Waals surface area contributed by atoms with Crippen LogP contribution in [0.15, 0.2) is 35.0 Å². The fraction of sp³-hybridized carbons (Fsp3) is 0.545. The van der Waals surface area contributed by atoms with Gasteiger partial charge in [0, 0.05) is 36.7 Å². The summed E-state index contributed by atoms with van der Waals surface area (Å²) in [5.41, 5.74) is 0.490. The van der Waals surface area contributed by atoms with Crippen molar-refractivity contribution in [2.24, 2.45) is 0 Å². The minimum absolute atomic E-state index is 0.0544. The molecule has 0 spiro atoms. The van der Waals surface area contributed by atoms with Gasteiger partial charge in [-0.25, -0.2) is 0 Å². The SMILES string of the molecule is CC1CCCCN1CCCNC(=O)CCc1cnoc1-c1ccc(C(F)(F)F)cc1. The van der Waals surface area contributed by atoms with Crippen LogP contribution in [-0.2, 0) is 17.4 Å². The van der Waals surface area contributed by atoms with E-state index >= 15 is 0 Å². The molecule has 1 unspecified atom stereocenters. The number of aromatic nitrogens is 1. The van der Waals surface area contributed by atoms with Gasteiger partial charge < -0.3 is 14.7 Å². The molecule has 0 radical (unpaired) electrons. The molecule has 1 fully saturated rings. The third-order valence-electron chi connectivity index (χ3n) is 5.62. The minimum atomic E-state index is -4.38. The van der Waals surface area contributed by atoms with Crippen molar-refractivity contribution in [3.8, 4) is 11.3 Å². The Morgan fingerprint density at radius 1 is 1.27 bits per heavy atom. The number of rotatable bonds is 8. The largest absolute Gasteiger partial charge is 0.416 e. The zero-order valence-corrected chi connectivity index (χ0v) is 17.2. The van der Waals surface area contributed by atoms with Crippen LogP contribution in [0, 0.1) is 0 Å². The van der Waals surface area contributed by atoms with Crippen molar-refractivity contribution < 1.29 is 22.5 Å². The first-order valence-corrected chi connectivity index (χ1v) is 10.5. The summed E-state index contributed by atoms with van der Waals surface area (Å²) in [4.78, 5) is 14.6. The van der Waals surface area contributed by atoms with Crippen molar-refractivity contribution in [2.75, 3.05) is 19.6 Å². The molecule has 1 aromatic carbocycles. The standard InChI is InChI=1S/C22H28F3N3O2/c1-16-5-2-3-13-28(16)14-4-12-26-20(29)11-8-18-15-27-30-21(18)17-6-9-19(10-7-17)22(23,24)25/h6-7,9-10,15-16H,2-5,8,11-14H2,1H3,(H,26,29). The lowest BCUT2D eigenvalue weighted by atomic mass is 10.0. The van der Waals surface area contributed by atoms with Crippen LogP contribution in [0.1, 0.15) is 50.2 Å². The molecule has 1 aliphatic heterocycles. The molecule has 30 heavy (non-hydrogen) atoms. The Morgan fingerprint density at radius 3 is 2.73 bits per heavy atom. The second kappa shape index (κ2) is 10.1. The molecule has 8 heteroatoms. The van der Waals surface area contributed by atoms with Crippen molar-refractivity contribution in [2.45, 2.75) is 57.7 Å². The predicted molar refractivity (Wildman–Crippen MR) is 108 cm³/mol. The third-order valence-corrected chi connectivity index (χ3v) is 5.62. The van der Waals surface area contributed by atoms with Crippen LogP contribution in [0.5, 0.6) is 0 Å². The summed E-state index contributed by atoms with van der Waals surface area (Å²) in [5.74, 6) is 0.344. The van der Waals surface area contributed by atoms with Gasteiger partial charge in [0.2, 0.25) is 5.91 Å². The highest BCUT2D eigenvalue weighted by molar-refractivity contribution is 5.76. The second-order valence-electron chi connectivity index (χ2n) is 7.84. The van der Waals surface area contributed by atoms with Crippen LogP contribution in [0.3, 0.4) is 0 Å². The maximum absolute atomic E-state index is 12.7. The van der Waals surface area contributed by atoms with Crippen LogP contribution < -0.4 is 5.32 Å². The van der Waals surface area contributed by atoms with E-state index in [2.05, 4.69) is 22.3 Å². The topological polar surface area (TPSA) is 58.4 Å². The summed E-state index contributed by atoms with van der Waals surface area (Å²) in [6, 6.07) is 5.35. The lowest BCUT2D eigenvalue weighted by molar-refractivity contribution is -0.137. The lowest BCUT2D eigenvalue weighted by Crippen LogP contribution is -2.39. The molecule has 1 amide bonds. The van der Waals surface area contributed by atoms with E-state index in [1.54, 1.807) is 0 Å². The number of hydrogen-bond donors (Lipinski definition) is 1. The number of likely N-dealkylation sites (tertiary alicyclic amines) is 1. The smallest absolute Gasteiger partial charge is 0.356 e. The molecule has 164 valence electrons. The van der Waals surface area contributed by atoms with Gasteiger partial charge in [0.25, 0.3) is 0 Å². The maximum atomic E-state index is 12.7. The zero-order valence-electron chi connectivity index (χ0n) is 17.2. The number of carbonyl (C=O) groups excluding carboxylic acids is 1. The number of nitrogens with zero attached hydrogens (tertiary/aromatic N) is 2. The molecule has 2 heterocycles. The van der Waals surface area contributed by atoms with E-state index in [4.69, 9.17) is 4.52 Å². The summed E-state index contributed by atoms with van der Waals surface area (Å²) in [6.45, 7) is 5.02. The van der Waals surface area contributed by atoms with E-state index in [-0.39, 0.29) is 12.3 Å². The van der Waals surface area contributed by atoms with E-state index in [0.29, 0.717) is 35.9 Å². The first-order valence-electron chi connectivity index (χ1n) is 10.5. The van der Waals surface area contributed by atoms with Crippen molar-refractivity contribution in [1.29, 1.82) is 0 Å². The van der Waals surface area contributed by atoms with Crippen LogP contribution >= 0.6 is 0 Å². The highest BCUT2D eigenvalue weighted by Crippen LogP contribution is 2.32. The molecule has 0 aliphatic carbocycles. The molecule has 2 aromatic rings. The average molecular weight is 423 g/mol. The molecular weight excluding hydrogens is 395 g/mol. The number of hydrogen-bond acceptors (Lipinski definition) is 4. The number of aryl methyl sites for hydroxylation is 1. The fourth-order valence-corrected chi connectivity index (χ4v) is 3.82. The number of halogens is 3. The monoisotopic (exact) mass is 423 g/mol. The zero-order chi connectivity index (χ0) is 21.6. The van der Waals surface area contributed by atoms with E-state index in [1.807, 2.05) is 0 Å². The summed E-state index contributed by atoms with van der Waals surface area (Å²) in [7, 11) is 0. The maximum Gasteiger partial charge on any atom is 0.416 e. The Balaban J connectivity index is 1.44. The van der Waals surface area contributed by atoms with Gasteiger partial charge in [-0.05, 0) is 51.3 Å². The van der Waals surface area contributed by atoms with Crippen LogP contribution in [-0.4, -0.2) is 41.6 Å². The van der Waals surface area contributed by atoms with Gasteiger partial charge in [-0.1, -0.05) is 23.7 Å². The highest BCUT2D eigenvalue weighted by Gasteiger charge is 2.30. The van der Waals surface area contributed by atoms with Crippen molar-refractivity contribution in [3.63, 3.8) is 0 Å². The summed E-state index contributed by atoms with van der Waals surface area (Å²) in [6.07, 6.45) is 2.52. The van der Waals surface area contributed by atoms with Gasteiger partial charge in [0.1, 0.15) is 0 Å². The van der Waals surface area contributed by atoms with E-state index in [9.17, 15) is 18.0 Å². The van der Waals surface area contributed by atoms with Crippen molar-refractivity contribution >= 4 is 5.91 Å². The molecule has 0 saturated carbocycles. The molecule has 1 aliphatic rings. The summed E-state index contributed by atoms with van der Waals surface area (Å²) < 4.78 is 43.4. The number of piperidine rings is 1. The molecule has 3 rings (SSSR count). The van der Waals surface area contributed by atoms with Crippen molar-refractivity contribution in [1.82, 2.24) is 15.4 Å². The van der Waals surface area contributed by atoms with E-state index in [1.165, 1.54) is 37.6 Å². The molecule has 1 aromatic heterocycles. The van der Waals surface area contributed by atoms with Gasteiger partial charge in [-0.3, -0.25) is 4.79 Å². The van der Waals surface area contributed by atoms with E-state index < -0.39 is 11.7 Å². The van der Waals surface area contributed by atoms with Gasteiger partial charge in [-0.15, -0.1) is 0 Å². The van der Waals surface area contributed by atoms with Crippen molar-refractivity contribution in [3.05, 3.63) is 41.6 Å². The Morgan fingerprint density at radius 2 is 2.03 bits per heavy atom. The molecule has 5 nitrogen and oxygen atoms in total. The van der Waals surface area contributed by atoms with Crippen LogP contribution in [0.4, 0.5) is 13.2 Å². The van der Waals surface area contributed by atoms with Gasteiger partial charge in [0.05, 0.1) is 11.8 Å². The Hall–Kier alpha value is -2.35. The molecule has 0 bridgehead atoms. The molecule has 1 saturated heterocycles.